The number of carbonyl (C=O) groups is 3. The molecular formula is C30H24F2N4O6. The lowest BCUT2D eigenvalue weighted by molar-refractivity contribution is 0.0663. The van der Waals surface area contributed by atoms with Crippen molar-refractivity contribution in [3.63, 3.8) is 0 Å². The zero-order valence-electron chi connectivity index (χ0n) is 22.4. The number of ether oxygens (including phenoxy) is 1. The van der Waals surface area contributed by atoms with Gasteiger partial charge in [-0.3, -0.25) is 19.3 Å². The molecule has 0 spiro atoms. The molecule has 2 aromatic carbocycles. The number of amides is 2. The van der Waals surface area contributed by atoms with Gasteiger partial charge in [0.1, 0.15) is 17.4 Å². The Morgan fingerprint density at radius 2 is 1.76 bits per heavy atom. The van der Waals surface area contributed by atoms with E-state index in [2.05, 4.69) is 4.85 Å². The van der Waals surface area contributed by atoms with Gasteiger partial charge in [-0.25, -0.2) is 18.4 Å². The molecule has 2 atom stereocenters. The molecule has 2 amide bonds. The van der Waals surface area contributed by atoms with Crippen LogP contribution in [0.5, 0.6) is 5.75 Å². The number of carboxylic acid groups (broad SMARTS) is 1. The third-order valence-corrected chi connectivity index (χ3v) is 8.08. The van der Waals surface area contributed by atoms with Gasteiger partial charge in [0.2, 0.25) is 5.43 Å². The van der Waals surface area contributed by atoms with Crippen LogP contribution in [0.2, 0.25) is 0 Å². The Hall–Kier alpha value is -5.05. The molecule has 1 aliphatic carbocycles. The summed E-state index contributed by atoms with van der Waals surface area (Å²) in [7, 11) is 1.30. The predicted octanol–water partition coefficient (Wildman–Crippen LogP) is 4.20. The molecule has 10 nitrogen and oxygen atoms in total. The van der Waals surface area contributed by atoms with Crippen LogP contribution in [0.25, 0.3) is 15.7 Å². The average molecular weight is 575 g/mol. The van der Waals surface area contributed by atoms with E-state index in [0.717, 1.165) is 22.7 Å². The van der Waals surface area contributed by atoms with Gasteiger partial charge in [0.15, 0.2) is 17.3 Å². The highest BCUT2D eigenvalue weighted by atomic mass is 19.1. The van der Waals surface area contributed by atoms with Crippen molar-refractivity contribution in [3.05, 3.63) is 91.9 Å². The number of methoxy groups -OCH3 is 1. The molecule has 0 radical (unpaired) electrons. The van der Waals surface area contributed by atoms with Gasteiger partial charge >= 0.3 is 5.97 Å². The molecule has 0 bridgehead atoms. The first kappa shape index (κ1) is 27.1. The van der Waals surface area contributed by atoms with E-state index in [1.807, 2.05) is 0 Å². The van der Waals surface area contributed by atoms with Crippen LogP contribution in [-0.4, -0.2) is 65.3 Å². The molecule has 1 N–H and O–H groups in total. The molecule has 1 saturated carbocycles. The average Bonchev–Trinajstić information content (AvgIpc) is 3.67. The number of aromatic nitrogens is 1. The van der Waals surface area contributed by atoms with Crippen molar-refractivity contribution in [3.8, 4) is 5.75 Å². The summed E-state index contributed by atoms with van der Waals surface area (Å²) in [5.41, 5.74) is 0.270. The summed E-state index contributed by atoms with van der Waals surface area (Å²) in [5, 5.41) is 9.30. The Bertz CT molecular complexity index is 1800. The van der Waals surface area contributed by atoms with Crippen molar-refractivity contribution < 1.29 is 33.0 Å². The van der Waals surface area contributed by atoms with Crippen LogP contribution in [0.1, 0.15) is 56.4 Å². The fraction of sp³-hybridized carbons (Fsp3) is 0.300. The number of pyridine rings is 1. The largest absolute Gasteiger partial charge is 0.492 e. The number of hydrogen-bond acceptors (Lipinski definition) is 6. The van der Waals surface area contributed by atoms with E-state index in [1.165, 1.54) is 11.7 Å². The topological polar surface area (TPSA) is 114 Å². The highest BCUT2D eigenvalue weighted by molar-refractivity contribution is 6.21. The standard InChI is InChI=1S/C30H24F2N4O6/c1-33-22(14-36-28(38)16-5-3-4-6-17(16)29(36)39)15-7-9-34(10-8-15)25-21(32)11-18-24(27(25)42-2)35(23-12-20(23)31)13-19(26(18)37)30(40)41/h3-6,11,13,20,23H,7-10,12,14H2,2H3,(H,40,41)/t20-,23?/m0/s1. The number of alkyl halides is 1. The van der Waals surface area contributed by atoms with Crippen LogP contribution >= 0.6 is 0 Å². The maximum atomic E-state index is 15.7. The van der Waals surface area contributed by atoms with E-state index < -0.39 is 46.8 Å². The lowest BCUT2D eigenvalue weighted by Gasteiger charge is -2.33. The van der Waals surface area contributed by atoms with Crippen LogP contribution in [0.15, 0.2) is 52.6 Å². The van der Waals surface area contributed by atoms with E-state index in [4.69, 9.17) is 11.3 Å². The van der Waals surface area contributed by atoms with Gasteiger partial charge in [-0.15, -0.1) is 0 Å². The number of benzene rings is 2. The van der Waals surface area contributed by atoms with E-state index in [0.29, 0.717) is 24.0 Å². The van der Waals surface area contributed by atoms with Crippen molar-refractivity contribution >= 4 is 34.4 Å². The Balaban J connectivity index is 1.33. The highest BCUT2D eigenvalue weighted by Crippen LogP contribution is 2.46. The molecule has 2 aliphatic heterocycles. The summed E-state index contributed by atoms with van der Waals surface area (Å²) in [6.45, 7) is 8.07. The second-order valence-corrected chi connectivity index (χ2v) is 10.4. The maximum absolute atomic E-state index is 15.7. The van der Waals surface area contributed by atoms with Crippen molar-refractivity contribution in [2.45, 2.75) is 31.5 Å². The third-order valence-electron chi connectivity index (χ3n) is 8.08. The number of nitrogens with zero attached hydrogens (tertiary/aromatic N) is 4. The van der Waals surface area contributed by atoms with Crippen molar-refractivity contribution in [1.82, 2.24) is 9.47 Å². The Morgan fingerprint density at radius 3 is 2.29 bits per heavy atom. The fourth-order valence-corrected chi connectivity index (χ4v) is 5.83. The molecule has 1 aromatic heterocycles. The molecular weight excluding hydrogens is 550 g/mol. The minimum absolute atomic E-state index is 0.0120. The highest BCUT2D eigenvalue weighted by Gasteiger charge is 2.41. The van der Waals surface area contributed by atoms with Gasteiger partial charge < -0.3 is 19.3 Å². The number of imide groups is 1. The molecule has 1 unspecified atom stereocenters. The normalized spacial score (nSPS) is 19.6. The molecule has 3 heterocycles. The van der Waals surface area contributed by atoms with Crippen molar-refractivity contribution in [2.24, 2.45) is 0 Å². The molecule has 3 aromatic rings. The Morgan fingerprint density at radius 1 is 1.14 bits per heavy atom. The molecule has 12 heteroatoms. The van der Waals surface area contributed by atoms with Gasteiger partial charge in [-0.2, -0.15) is 0 Å². The van der Waals surface area contributed by atoms with Gasteiger partial charge in [0.05, 0.1) is 48.3 Å². The second kappa shape index (κ2) is 10.1. The summed E-state index contributed by atoms with van der Waals surface area (Å²) >= 11 is 0. The number of rotatable bonds is 6. The minimum atomic E-state index is -1.50. The lowest BCUT2D eigenvalue weighted by atomic mass is 9.99. The van der Waals surface area contributed by atoms with Crippen LogP contribution < -0.4 is 15.1 Å². The maximum Gasteiger partial charge on any atom is 0.341 e. The quantitative estimate of drug-likeness (QED) is 0.347. The van der Waals surface area contributed by atoms with Gasteiger partial charge in [0.25, 0.3) is 11.8 Å². The summed E-state index contributed by atoms with van der Waals surface area (Å²) in [5.74, 6) is -3.23. The molecule has 2 fully saturated rings. The zero-order chi connectivity index (χ0) is 29.9. The molecule has 6 rings (SSSR count). The zero-order valence-corrected chi connectivity index (χ0v) is 22.4. The second-order valence-electron chi connectivity index (χ2n) is 10.4. The first-order valence-electron chi connectivity index (χ1n) is 13.3. The van der Waals surface area contributed by atoms with Crippen LogP contribution in [0, 0.1) is 12.4 Å². The van der Waals surface area contributed by atoms with Crippen LogP contribution in [0.4, 0.5) is 14.5 Å². The minimum Gasteiger partial charge on any atom is -0.492 e. The van der Waals surface area contributed by atoms with Crippen molar-refractivity contribution in [2.75, 3.05) is 31.6 Å². The number of anilines is 1. The number of carboxylic acids is 1. The SMILES string of the molecule is [C-]#[N+]C(CN1C(=O)c2ccccc2C1=O)=C1CCN(c2c(F)cc3c(=O)c(C(=O)O)cn(C4C[C@@H]4F)c3c2OC)CC1. The van der Waals surface area contributed by atoms with E-state index in [-0.39, 0.29) is 54.1 Å². The smallest absolute Gasteiger partial charge is 0.341 e. The summed E-state index contributed by atoms with van der Waals surface area (Å²) < 4.78 is 36.8. The van der Waals surface area contributed by atoms with Gasteiger partial charge in [0, 0.05) is 25.7 Å². The molecule has 214 valence electrons. The van der Waals surface area contributed by atoms with E-state index in [1.54, 1.807) is 29.2 Å². The third kappa shape index (κ3) is 4.20. The van der Waals surface area contributed by atoms with Crippen molar-refractivity contribution in [1.29, 1.82) is 0 Å². The van der Waals surface area contributed by atoms with E-state index in [9.17, 15) is 28.7 Å². The first-order chi connectivity index (χ1) is 20.2. The summed E-state index contributed by atoms with van der Waals surface area (Å²) in [4.78, 5) is 56.7. The monoisotopic (exact) mass is 574 g/mol. The van der Waals surface area contributed by atoms with Crippen LogP contribution in [0.3, 0.4) is 0 Å². The Kier molecular flexibility index (Phi) is 6.52. The first-order valence-corrected chi connectivity index (χ1v) is 13.3. The van der Waals surface area contributed by atoms with E-state index >= 15 is 4.39 Å². The summed E-state index contributed by atoms with van der Waals surface area (Å²) in [6, 6.07) is 6.74. The number of carbonyl (C=O) groups excluding carboxylic acids is 2. The molecule has 42 heavy (non-hydrogen) atoms. The number of hydrogen-bond donors (Lipinski definition) is 1. The van der Waals surface area contributed by atoms with Gasteiger partial charge in [-0.05, 0) is 31.0 Å². The number of halogens is 2. The number of fused-ring (bicyclic) bond motifs is 2. The fourth-order valence-electron chi connectivity index (χ4n) is 5.83. The van der Waals surface area contributed by atoms with Crippen LogP contribution in [-0.2, 0) is 0 Å². The number of piperidine rings is 1. The lowest BCUT2D eigenvalue weighted by Crippen LogP contribution is -2.34. The summed E-state index contributed by atoms with van der Waals surface area (Å²) in [6.07, 6.45) is 0.632. The molecule has 1 saturated heterocycles. The molecule has 3 aliphatic rings. The predicted molar refractivity (Wildman–Crippen MR) is 147 cm³/mol. The Labute approximate surface area is 237 Å². The number of aromatic carboxylic acids is 1. The van der Waals surface area contributed by atoms with Gasteiger partial charge in [-0.1, -0.05) is 17.7 Å².